The summed E-state index contributed by atoms with van der Waals surface area (Å²) in [7, 11) is 1.59. The summed E-state index contributed by atoms with van der Waals surface area (Å²) >= 11 is 1.28. The fourth-order valence-corrected chi connectivity index (χ4v) is 4.12. The average Bonchev–Trinajstić information content (AvgIpc) is 3.18. The minimum atomic E-state index is -0.443. The van der Waals surface area contributed by atoms with Crippen LogP contribution >= 0.6 is 11.3 Å². The molecule has 2 aromatic heterocycles. The molecular formula is C23H20N4O3S. The largest absolute Gasteiger partial charge is 0.497 e. The molecular weight excluding hydrogens is 412 g/mol. The van der Waals surface area contributed by atoms with E-state index in [4.69, 9.17) is 4.74 Å². The third kappa shape index (κ3) is 4.24. The molecule has 0 unspecified atom stereocenters. The summed E-state index contributed by atoms with van der Waals surface area (Å²) in [6.45, 7) is 3.51. The number of amides is 2. The van der Waals surface area contributed by atoms with Gasteiger partial charge >= 0.3 is 0 Å². The van der Waals surface area contributed by atoms with Gasteiger partial charge in [-0.3, -0.25) is 25.4 Å². The minimum Gasteiger partial charge on any atom is -0.497 e. The summed E-state index contributed by atoms with van der Waals surface area (Å²) in [6, 6.07) is 16.8. The van der Waals surface area contributed by atoms with E-state index in [1.165, 1.54) is 11.3 Å². The number of hydrogen-bond donors (Lipinski definition) is 2. The van der Waals surface area contributed by atoms with Gasteiger partial charge in [0, 0.05) is 17.0 Å². The van der Waals surface area contributed by atoms with E-state index in [-0.39, 0.29) is 0 Å². The lowest BCUT2D eigenvalue weighted by Crippen LogP contribution is -2.41. The first-order chi connectivity index (χ1) is 15.0. The zero-order valence-corrected chi connectivity index (χ0v) is 18.0. The molecule has 0 radical (unpaired) electrons. The molecule has 156 valence electrons. The van der Waals surface area contributed by atoms with Gasteiger partial charge in [0.15, 0.2) is 0 Å². The lowest BCUT2D eigenvalue weighted by atomic mass is 10.1. The summed E-state index contributed by atoms with van der Waals surface area (Å²) in [5.74, 6) is -0.165. The summed E-state index contributed by atoms with van der Waals surface area (Å²) in [5.41, 5.74) is 8.16. The van der Waals surface area contributed by atoms with Gasteiger partial charge in [0.25, 0.3) is 11.8 Å². The second-order valence-corrected chi connectivity index (χ2v) is 7.89. The third-order valence-corrected chi connectivity index (χ3v) is 5.98. The van der Waals surface area contributed by atoms with Crippen LogP contribution in [-0.4, -0.2) is 28.9 Å². The number of pyridine rings is 1. The number of nitrogens with zero attached hydrogens (tertiary/aromatic N) is 2. The number of benzene rings is 2. The van der Waals surface area contributed by atoms with Gasteiger partial charge in [0.1, 0.15) is 15.6 Å². The van der Waals surface area contributed by atoms with E-state index in [0.29, 0.717) is 27.6 Å². The van der Waals surface area contributed by atoms with E-state index in [2.05, 4.69) is 20.8 Å². The standard InChI is InChI=1S/C23H20N4O3S/c1-13-18(11-16-9-10-17(30-3)12-19(16)24-13)21(28)26-27-22(29)20-14(2)25-23(31-20)15-7-5-4-6-8-15/h4-12H,1-3H3,(H,26,28)(H,27,29). The maximum Gasteiger partial charge on any atom is 0.281 e. The van der Waals surface area contributed by atoms with Crippen molar-refractivity contribution in [3.8, 4) is 16.3 Å². The number of methoxy groups -OCH3 is 1. The molecule has 7 nitrogen and oxygen atoms in total. The molecule has 31 heavy (non-hydrogen) atoms. The van der Waals surface area contributed by atoms with Crippen molar-refractivity contribution < 1.29 is 14.3 Å². The Hall–Kier alpha value is -3.78. The highest BCUT2D eigenvalue weighted by Crippen LogP contribution is 2.27. The highest BCUT2D eigenvalue weighted by molar-refractivity contribution is 7.17. The number of nitrogens with one attached hydrogen (secondary N) is 2. The van der Waals surface area contributed by atoms with E-state index in [1.807, 2.05) is 42.5 Å². The molecule has 0 saturated heterocycles. The highest BCUT2D eigenvalue weighted by Gasteiger charge is 2.18. The lowest BCUT2D eigenvalue weighted by molar-refractivity contribution is 0.0848. The van der Waals surface area contributed by atoms with Crippen LogP contribution in [0, 0.1) is 13.8 Å². The van der Waals surface area contributed by atoms with Crippen LogP contribution in [0.2, 0.25) is 0 Å². The Morgan fingerprint density at radius 1 is 0.903 bits per heavy atom. The van der Waals surface area contributed by atoms with Gasteiger partial charge < -0.3 is 4.74 Å². The van der Waals surface area contributed by atoms with Crippen molar-refractivity contribution in [2.45, 2.75) is 13.8 Å². The van der Waals surface area contributed by atoms with Crippen molar-refractivity contribution in [3.05, 3.63) is 76.4 Å². The molecule has 4 rings (SSSR count). The molecule has 4 aromatic rings. The average molecular weight is 433 g/mol. The van der Waals surface area contributed by atoms with Gasteiger partial charge in [-0.05, 0) is 32.0 Å². The molecule has 0 atom stereocenters. The number of carbonyl (C=O) groups is 2. The molecule has 2 N–H and O–H groups in total. The highest BCUT2D eigenvalue weighted by atomic mass is 32.1. The molecule has 2 aromatic carbocycles. The van der Waals surface area contributed by atoms with Crippen molar-refractivity contribution in [3.63, 3.8) is 0 Å². The first-order valence-electron chi connectivity index (χ1n) is 9.55. The zero-order chi connectivity index (χ0) is 22.0. The molecule has 2 heterocycles. The van der Waals surface area contributed by atoms with E-state index in [0.717, 1.165) is 21.5 Å². The van der Waals surface area contributed by atoms with Crippen LogP contribution in [0.25, 0.3) is 21.5 Å². The quantitative estimate of drug-likeness (QED) is 0.475. The molecule has 0 bridgehead atoms. The molecule has 0 saturated carbocycles. The number of ether oxygens (including phenoxy) is 1. The number of fused-ring (bicyclic) bond motifs is 1. The van der Waals surface area contributed by atoms with Gasteiger partial charge in [-0.15, -0.1) is 11.3 Å². The van der Waals surface area contributed by atoms with Gasteiger partial charge in [-0.1, -0.05) is 30.3 Å². The second kappa shape index (κ2) is 8.53. The number of hydrogen-bond acceptors (Lipinski definition) is 6. The fraction of sp³-hybridized carbons (Fsp3) is 0.130. The Labute approximate surface area is 183 Å². The van der Waals surface area contributed by atoms with E-state index in [1.54, 1.807) is 33.1 Å². The number of hydrazine groups is 1. The van der Waals surface area contributed by atoms with Crippen LogP contribution in [0.5, 0.6) is 5.75 Å². The van der Waals surface area contributed by atoms with Crippen molar-refractivity contribution >= 4 is 34.1 Å². The van der Waals surface area contributed by atoms with Crippen LogP contribution in [0.1, 0.15) is 31.4 Å². The topological polar surface area (TPSA) is 93.2 Å². The number of rotatable bonds is 4. The normalized spacial score (nSPS) is 10.7. The third-order valence-electron chi connectivity index (χ3n) is 4.77. The van der Waals surface area contributed by atoms with E-state index in [9.17, 15) is 9.59 Å². The molecule has 0 aliphatic heterocycles. The van der Waals surface area contributed by atoms with Gasteiger partial charge in [0.2, 0.25) is 0 Å². The van der Waals surface area contributed by atoms with E-state index < -0.39 is 11.8 Å². The van der Waals surface area contributed by atoms with Crippen LogP contribution in [0.4, 0.5) is 0 Å². The lowest BCUT2D eigenvalue weighted by Gasteiger charge is -2.10. The van der Waals surface area contributed by atoms with E-state index >= 15 is 0 Å². The summed E-state index contributed by atoms with van der Waals surface area (Å²) in [5, 5.41) is 1.55. The summed E-state index contributed by atoms with van der Waals surface area (Å²) < 4.78 is 5.22. The van der Waals surface area contributed by atoms with Crippen molar-refractivity contribution in [2.24, 2.45) is 0 Å². The Balaban J connectivity index is 1.49. The Morgan fingerprint density at radius 2 is 1.65 bits per heavy atom. The maximum absolute atomic E-state index is 12.7. The molecule has 0 aliphatic rings. The van der Waals surface area contributed by atoms with Crippen molar-refractivity contribution in [2.75, 3.05) is 7.11 Å². The van der Waals surface area contributed by atoms with Crippen LogP contribution < -0.4 is 15.6 Å². The van der Waals surface area contributed by atoms with Gasteiger partial charge in [-0.2, -0.15) is 0 Å². The summed E-state index contributed by atoms with van der Waals surface area (Å²) in [4.78, 5) is 34.7. The smallest absolute Gasteiger partial charge is 0.281 e. The molecule has 0 spiro atoms. The number of aryl methyl sites for hydroxylation is 2. The van der Waals surface area contributed by atoms with Crippen LogP contribution in [0.3, 0.4) is 0 Å². The van der Waals surface area contributed by atoms with Crippen LogP contribution in [0.15, 0.2) is 54.6 Å². The van der Waals surface area contributed by atoms with Crippen LogP contribution in [-0.2, 0) is 0 Å². The zero-order valence-electron chi connectivity index (χ0n) is 17.2. The minimum absolute atomic E-state index is 0.379. The first kappa shape index (κ1) is 20.5. The second-order valence-electron chi connectivity index (χ2n) is 6.89. The predicted molar refractivity (Wildman–Crippen MR) is 120 cm³/mol. The van der Waals surface area contributed by atoms with Gasteiger partial charge in [-0.25, -0.2) is 4.98 Å². The summed E-state index contributed by atoms with van der Waals surface area (Å²) in [6.07, 6.45) is 0. The Bertz CT molecular complexity index is 1280. The van der Waals surface area contributed by atoms with Crippen molar-refractivity contribution in [1.29, 1.82) is 0 Å². The van der Waals surface area contributed by atoms with Gasteiger partial charge in [0.05, 0.1) is 29.6 Å². The van der Waals surface area contributed by atoms with Crippen molar-refractivity contribution in [1.82, 2.24) is 20.8 Å². The number of carbonyl (C=O) groups excluding carboxylic acids is 2. The number of aromatic nitrogens is 2. The molecule has 0 aliphatic carbocycles. The molecule has 8 heteroatoms. The first-order valence-corrected chi connectivity index (χ1v) is 10.4. The Kier molecular flexibility index (Phi) is 5.64. The monoisotopic (exact) mass is 432 g/mol. The fourth-order valence-electron chi connectivity index (χ4n) is 3.15. The molecule has 2 amide bonds. The molecule has 0 fully saturated rings. The maximum atomic E-state index is 12.7. The SMILES string of the molecule is COc1ccc2cc(C(=O)NNC(=O)c3sc(-c4ccccc4)nc3C)c(C)nc2c1. The number of thiazole rings is 1. The Morgan fingerprint density at radius 3 is 2.39 bits per heavy atom. The predicted octanol–water partition coefficient (Wildman–Crippen LogP) is 4.06.